The molecule has 0 radical (unpaired) electrons. The first-order valence-corrected chi connectivity index (χ1v) is 12.1. The Hall–Kier alpha value is -3.58. The number of halogens is 3. The van der Waals surface area contributed by atoms with Crippen LogP contribution in [-0.4, -0.2) is 39.7 Å². The summed E-state index contributed by atoms with van der Waals surface area (Å²) in [6.45, 7) is -0.0649. The van der Waals surface area contributed by atoms with Crippen molar-refractivity contribution in [2.75, 3.05) is 19.0 Å². The summed E-state index contributed by atoms with van der Waals surface area (Å²) in [6, 6.07) is 15.3. The van der Waals surface area contributed by atoms with E-state index in [4.69, 9.17) is 4.74 Å². The summed E-state index contributed by atoms with van der Waals surface area (Å²) in [4.78, 5) is 24.6. The molecule has 35 heavy (non-hydrogen) atoms. The normalized spacial score (nSPS) is 13.0. The maximum absolute atomic E-state index is 12.7. The number of esters is 1. The molecule has 3 aromatic rings. The third-order valence-electron chi connectivity index (χ3n) is 5.19. The van der Waals surface area contributed by atoms with E-state index in [1.165, 1.54) is 0 Å². The molecule has 0 atom stereocenters. The number of benzene rings is 2. The monoisotopic (exact) mass is 527 g/mol. The number of hydrogen-bond acceptors (Lipinski definition) is 8. The smallest absolute Gasteiger partial charge is 0.465 e. The number of nitrogens with one attached hydrogen (secondary N) is 1. The van der Waals surface area contributed by atoms with Crippen molar-refractivity contribution in [2.24, 2.45) is 0 Å². The molecule has 13 heteroatoms. The van der Waals surface area contributed by atoms with Crippen molar-refractivity contribution >= 4 is 38.5 Å². The molecular weight excluding hydrogens is 511 g/mol. The maximum atomic E-state index is 12.7. The number of alkyl halides is 3. The molecule has 1 N–H and O–H groups in total. The lowest BCUT2D eigenvalue weighted by Gasteiger charge is -2.14. The van der Waals surface area contributed by atoms with Crippen molar-refractivity contribution in [3.8, 4) is 16.9 Å². The molecule has 184 valence electrons. The second-order valence-electron chi connectivity index (χ2n) is 7.23. The van der Waals surface area contributed by atoms with Gasteiger partial charge in [-0.05, 0) is 22.3 Å². The van der Waals surface area contributed by atoms with Crippen LogP contribution in [-0.2, 0) is 19.6 Å². The van der Waals surface area contributed by atoms with Crippen LogP contribution < -0.4 is 9.50 Å². The highest BCUT2D eigenvalue weighted by Crippen LogP contribution is 2.44. The molecular formula is C22H16F3NO7S2. The van der Waals surface area contributed by atoms with E-state index in [2.05, 4.69) is 14.2 Å². The summed E-state index contributed by atoms with van der Waals surface area (Å²) in [7, 11) is -5.12. The Labute approximate surface area is 201 Å². The molecule has 0 saturated carbocycles. The van der Waals surface area contributed by atoms with E-state index in [9.17, 15) is 31.2 Å². The highest BCUT2D eigenvalue weighted by atomic mass is 32.2. The van der Waals surface area contributed by atoms with E-state index >= 15 is 0 Å². The summed E-state index contributed by atoms with van der Waals surface area (Å²) < 4.78 is 74.7. The molecule has 1 heterocycles. The quantitative estimate of drug-likeness (QED) is 0.269. The van der Waals surface area contributed by atoms with Crippen LogP contribution in [0.4, 0.5) is 23.0 Å². The predicted molar refractivity (Wildman–Crippen MR) is 120 cm³/mol. The number of amides is 1. The van der Waals surface area contributed by atoms with Crippen LogP contribution in [0, 0.1) is 0 Å². The number of anilines is 1. The standard InChI is InChI=1S/C22H16F3NO7S2/c1-31-20(27)18-17(33-35(29,30)22(23,24)25)11-34-19(18)26-21(28)32-10-16-14-8-4-2-6-12(14)13-7-3-5-9-15(13)16/h2-9,11,16H,10H2,1H3,(H,26,28). The van der Waals surface area contributed by atoms with Crippen molar-refractivity contribution < 1.29 is 44.8 Å². The molecule has 0 saturated heterocycles. The number of carbonyl (C=O) groups is 2. The number of hydrogen-bond donors (Lipinski definition) is 1. The zero-order chi connectivity index (χ0) is 25.4. The van der Waals surface area contributed by atoms with Crippen LogP contribution in [0.3, 0.4) is 0 Å². The minimum atomic E-state index is -6.05. The van der Waals surface area contributed by atoms with Crippen LogP contribution in [0.1, 0.15) is 27.4 Å². The Balaban J connectivity index is 1.52. The summed E-state index contributed by atoms with van der Waals surface area (Å²) >= 11 is 0.565. The lowest BCUT2D eigenvalue weighted by molar-refractivity contribution is -0.0500. The molecule has 0 spiro atoms. The third kappa shape index (κ3) is 4.68. The van der Waals surface area contributed by atoms with Gasteiger partial charge in [-0.2, -0.15) is 21.6 Å². The molecule has 1 amide bonds. The maximum Gasteiger partial charge on any atom is 0.534 e. The fourth-order valence-electron chi connectivity index (χ4n) is 3.68. The Morgan fingerprint density at radius 2 is 1.60 bits per heavy atom. The van der Waals surface area contributed by atoms with Crippen molar-refractivity contribution in [2.45, 2.75) is 11.4 Å². The van der Waals surface area contributed by atoms with Gasteiger partial charge in [0, 0.05) is 11.3 Å². The largest absolute Gasteiger partial charge is 0.534 e. The van der Waals surface area contributed by atoms with Crippen molar-refractivity contribution in [1.82, 2.24) is 0 Å². The molecule has 1 aromatic heterocycles. The number of methoxy groups -OCH3 is 1. The van der Waals surface area contributed by atoms with Gasteiger partial charge in [-0.3, -0.25) is 5.32 Å². The lowest BCUT2D eigenvalue weighted by Crippen LogP contribution is -2.28. The lowest BCUT2D eigenvalue weighted by atomic mass is 9.98. The number of rotatable bonds is 6. The zero-order valence-electron chi connectivity index (χ0n) is 17.8. The van der Waals surface area contributed by atoms with Gasteiger partial charge in [-0.25, -0.2) is 9.59 Å². The van der Waals surface area contributed by atoms with E-state index in [0.717, 1.165) is 34.7 Å². The highest BCUT2D eigenvalue weighted by molar-refractivity contribution is 7.88. The Bertz CT molecular complexity index is 1350. The van der Waals surface area contributed by atoms with Gasteiger partial charge in [0.1, 0.15) is 17.2 Å². The Morgan fingerprint density at radius 3 is 2.14 bits per heavy atom. The fourth-order valence-corrected chi connectivity index (χ4v) is 5.04. The minimum absolute atomic E-state index is 0.0649. The molecule has 0 bridgehead atoms. The topological polar surface area (TPSA) is 108 Å². The van der Waals surface area contributed by atoms with Gasteiger partial charge in [-0.1, -0.05) is 48.5 Å². The van der Waals surface area contributed by atoms with Gasteiger partial charge in [0.2, 0.25) is 0 Å². The molecule has 1 aliphatic carbocycles. The van der Waals surface area contributed by atoms with Crippen molar-refractivity contribution in [3.63, 3.8) is 0 Å². The van der Waals surface area contributed by atoms with Crippen LogP contribution in [0.5, 0.6) is 5.75 Å². The zero-order valence-corrected chi connectivity index (χ0v) is 19.4. The SMILES string of the molecule is COC(=O)c1c(OS(=O)(=O)C(F)(F)F)csc1NC(=O)OCC1c2ccccc2-c2ccccc21. The summed E-state index contributed by atoms with van der Waals surface area (Å²) in [6.07, 6.45) is -1.01. The van der Waals surface area contributed by atoms with E-state index in [-0.39, 0.29) is 17.5 Å². The average molecular weight is 527 g/mol. The highest BCUT2D eigenvalue weighted by Gasteiger charge is 2.49. The number of thiophene rings is 1. The second kappa shape index (κ2) is 9.23. The van der Waals surface area contributed by atoms with Gasteiger partial charge in [0.15, 0.2) is 5.75 Å². The minimum Gasteiger partial charge on any atom is -0.465 e. The summed E-state index contributed by atoms with van der Waals surface area (Å²) in [5.41, 5.74) is -2.48. The Morgan fingerprint density at radius 1 is 1.03 bits per heavy atom. The van der Waals surface area contributed by atoms with Gasteiger partial charge >= 0.3 is 27.7 Å². The third-order valence-corrected chi connectivity index (χ3v) is 7.03. The van der Waals surface area contributed by atoms with Crippen LogP contribution in [0.25, 0.3) is 11.1 Å². The van der Waals surface area contributed by atoms with Crippen molar-refractivity contribution in [1.29, 1.82) is 0 Å². The van der Waals surface area contributed by atoms with Crippen LogP contribution in [0.15, 0.2) is 53.9 Å². The van der Waals surface area contributed by atoms with Gasteiger partial charge in [0.05, 0.1) is 7.11 Å². The molecule has 0 aliphatic heterocycles. The second-order valence-corrected chi connectivity index (χ2v) is 9.65. The molecule has 2 aromatic carbocycles. The molecule has 0 unspecified atom stereocenters. The molecule has 8 nitrogen and oxygen atoms in total. The first-order valence-electron chi connectivity index (χ1n) is 9.86. The summed E-state index contributed by atoms with van der Waals surface area (Å²) in [5.74, 6) is -2.41. The van der Waals surface area contributed by atoms with E-state index < -0.39 is 39.0 Å². The average Bonchev–Trinajstić information content (AvgIpc) is 3.34. The predicted octanol–water partition coefficient (Wildman–Crippen LogP) is 5.12. The van der Waals surface area contributed by atoms with Crippen LogP contribution in [0.2, 0.25) is 0 Å². The molecule has 1 aliphatic rings. The van der Waals surface area contributed by atoms with E-state index in [0.29, 0.717) is 11.3 Å². The van der Waals surface area contributed by atoms with Gasteiger partial charge in [-0.15, -0.1) is 11.3 Å². The molecule has 4 rings (SSSR count). The fraction of sp³-hybridized carbons (Fsp3) is 0.182. The number of fused-ring (bicyclic) bond motifs is 3. The first-order chi connectivity index (χ1) is 16.5. The number of carbonyl (C=O) groups excluding carboxylic acids is 2. The van der Waals surface area contributed by atoms with E-state index in [1.54, 1.807) is 0 Å². The molecule has 0 fully saturated rings. The van der Waals surface area contributed by atoms with Crippen LogP contribution >= 0.6 is 11.3 Å². The summed E-state index contributed by atoms with van der Waals surface area (Å²) in [5, 5.41) is 2.77. The van der Waals surface area contributed by atoms with E-state index in [1.807, 2.05) is 48.5 Å². The van der Waals surface area contributed by atoms with Gasteiger partial charge < -0.3 is 13.7 Å². The first kappa shape index (κ1) is 24.5. The van der Waals surface area contributed by atoms with Crippen molar-refractivity contribution in [3.05, 3.63) is 70.6 Å². The Kier molecular flexibility index (Phi) is 6.47. The van der Waals surface area contributed by atoms with Gasteiger partial charge in [0.25, 0.3) is 0 Å². The number of ether oxygens (including phenoxy) is 2.